The minimum absolute atomic E-state index is 0.0482. The highest BCUT2D eigenvalue weighted by Gasteiger charge is 2.39. The van der Waals surface area contributed by atoms with Crippen molar-refractivity contribution in [1.82, 2.24) is 4.90 Å². The number of rotatable bonds is 8. The van der Waals surface area contributed by atoms with Gasteiger partial charge in [0.15, 0.2) is 5.78 Å². The predicted octanol–water partition coefficient (Wildman–Crippen LogP) is 4.50. The normalized spacial score (nSPS) is 30.4. The van der Waals surface area contributed by atoms with Gasteiger partial charge in [0.25, 0.3) is 0 Å². The number of allylic oxidation sites excluding steroid dienone is 3. The molecule has 0 bridgehead atoms. The molecule has 172 valence electrons. The summed E-state index contributed by atoms with van der Waals surface area (Å²) in [5, 5.41) is 3.45. The van der Waals surface area contributed by atoms with E-state index in [4.69, 9.17) is 10.7 Å². The second-order valence-corrected chi connectivity index (χ2v) is 9.79. The number of amidine groups is 1. The van der Waals surface area contributed by atoms with Crippen LogP contribution in [-0.2, 0) is 11.2 Å². The largest absolute Gasteiger partial charge is 0.386 e. The quantitative estimate of drug-likeness (QED) is 0.359. The molecule has 1 aromatic rings. The molecule has 2 heterocycles. The Bertz CT molecular complexity index is 895. The highest BCUT2D eigenvalue weighted by Crippen LogP contribution is 2.33. The summed E-state index contributed by atoms with van der Waals surface area (Å²) in [5.41, 5.74) is 8.22. The lowest BCUT2D eigenvalue weighted by Gasteiger charge is -2.31. The minimum atomic E-state index is -0.792. The Balaban J connectivity index is 1.38. The Labute approximate surface area is 192 Å². The fraction of sp³-hybridized carbons (Fsp3) is 0.556. The number of likely N-dealkylation sites (tertiary alicyclic amines) is 1. The molecule has 0 amide bonds. The molecular weight excluding hydrogens is 396 g/mol. The van der Waals surface area contributed by atoms with E-state index in [1.165, 1.54) is 30.5 Å². The summed E-state index contributed by atoms with van der Waals surface area (Å²) in [4.78, 5) is 20.5. The van der Waals surface area contributed by atoms with E-state index in [1.807, 2.05) is 24.3 Å². The summed E-state index contributed by atoms with van der Waals surface area (Å²) in [6.07, 6.45) is 14.8. The van der Waals surface area contributed by atoms with E-state index in [0.717, 1.165) is 38.8 Å². The van der Waals surface area contributed by atoms with Crippen molar-refractivity contribution in [3.8, 4) is 0 Å². The van der Waals surface area contributed by atoms with Crippen molar-refractivity contribution in [2.75, 3.05) is 18.4 Å². The maximum atomic E-state index is 13.0. The summed E-state index contributed by atoms with van der Waals surface area (Å²) in [6, 6.07) is 9.77. The molecule has 4 unspecified atom stereocenters. The second kappa shape index (κ2) is 10.0. The van der Waals surface area contributed by atoms with Crippen molar-refractivity contribution >= 4 is 17.3 Å². The first-order valence-corrected chi connectivity index (χ1v) is 12.3. The minimum Gasteiger partial charge on any atom is -0.386 e. The zero-order valence-electron chi connectivity index (χ0n) is 19.6. The number of anilines is 1. The fourth-order valence-corrected chi connectivity index (χ4v) is 5.53. The molecule has 3 N–H and O–H groups in total. The smallest absolute Gasteiger partial charge is 0.173 e. The molecule has 4 rings (SSSR count). The van der Waals surface area contributed by atoms with Crippen LogP contribution in [0.5, 0.6) is 0 Å². The first-order chi connectivity index (χ1) is 15.5. The molecular formula is C27H38N4O. The highest BCUT2D eigenvalue weighted by atomic mass is 16.1. The summed E-state index contributed by atoms with van der Waals surface area (Å²) in [5.74, 6) is 0.531. The van der Waals surface area contributed by atoms with E-state index < -0.39 is 5.41 Å². The van der Waals surface area contributed by atoms with Crippen LogP contribution < -0.4 is 11.1 Å². The first-order valence-electron chi connectivity index (χ1n) is 12.3. The Morgan fingerprint density at radius 3 is 2.72 bits per heavy atom. The number of benzene rings is 1. The maximum absolute atomic E-state index is 13.0. The molecule has 0 radical (unpaired) electrons. The van der Waals surface area contributed by atoms with Crippen molar-refractivity contribution in [3.63, 3.8) is 0 Å². The SMILES string of the molecule is CC1CCC(C)N1CCCCCC1(C(N)=NC2CNc3ccccc3C2)C=CC=CC1=O. The van der Waals surface area contributed by atoms with Gasteiger partial charge in [0.2, 0.25) is 0 Å². The molecule has 5 heteroatoms. The van der Waals surface area contributed by atoms with Crippen LogP contribution in [0.3, 0.4) is 0 Å². The third-order valence-corrected chi connectivity index (χ3v) is 7.58. The molecule has 0 aromatic heterocycles. The van der Waals surface area contributed by atoms with E-state index in [1.54, 1.807) is 6.08 Å². The van der Waals surface area contributed by atoms with E-state index in [0.29, 0.717) is 17.9 Å². The number of para-hydroxylation sites is 1. The third kappa shape index (κ3) is 4.83. The van der Waals surface area contributed by atoms with Gasteiger partial charge in [0.1, 0.15) is 11.3 Å². The second-order valence-electron chi connectivity index (χ2n) is 9.79. The van der Waals surface area contributed by atoms with Crippen LogP contribution in [0.2, 0.25) is 0 Å². The zero-order valence-corrected chi connectivity index (χ0v) is 19.6. The van der Waals surface area contributed by atoms with Crippen molar-refractivity contribution < 1.29 is 4.79 Å². The summed E-state index contributed by atoms with van der Waals surface area (Å²) >= 11 is 0. The van der Waals surface area contributed by atoms with Crippen molar-refractivity contribution in [2.24, 2.45) is 16.1 Å². The summed E-state index contributed by atoms with van der Waals surface area (Å²) in [7, 11) is 0. The molecule has 3 aliphatic rings. The molecule has 5 nitrogen and oxygen atoms in total. The van der Waals surface area contributed by atoms with Gasteiger partial charge in [-0.1, -0.05) is 49.3 Å². The lowest BCUT2D eigenvalue weighted by atomic mass is 9.75. The lowest BCUT2D eigenvalue weighted by Crippen LogP contribution is -2.44. The Morgan fingerprint density at radius 1 is 1.16 bits per heavy atom. The van der Waals surface area contributed by atoms with E-state index in [2.05, 4.69) is 42.3 Å². The molecule has 0 saturated carbocycles. The number of unbranched alkanes of at least 4 members (excludes halogenated alkanes) is 2. The predicted molar refractivity (Wildman–Crippen MR) is 133 cm³/mol. The molecule has 4 atom stereocenters. The first kappa shape index (κ1) is 22.8. The topological polar surface area (TPSA) is 70.7 Å². The standard InChI is InChI=1S/C27H38N4O/c1-20-13-14-21(2)31(20)17-9-3-7-15-27(16-8-6-12-25(27)32)26(28)30-23-18-22-10-4-5-11-24(22)29-19-23/h4-6,8,10-12,16,20-21,23,29H,3,7,9,13-15,17-19H2,1-2H3,(H2,28,30). The Kier molecular flexibility index (Phi) is 7.14. The number of nitrogens with one attached hydrogen (secondary N) is 1. The van der Waals surface area contributed by atoms with Crippen LogP contribution >= 0.6 is 0 Å². The van der Waals surface area contributed by atoms with E-state index in [-0.39, 0.29) is 11.8 Å². The van der Waals surface area contributed by atoms with Gasteiger partial charge in [0.05, 0.1) is 6.04 Å². The number of hydrogen-bond acceptors (Lipinski definition) is 4. The number of nitrogens with two attached hydrogens (primary N) is 1. The van der Waals surface area contributed by atoms with Crippen molar-refractivity contribution in [3.05, 3.63) is 54.1 Å². The lowest BCUT2D eigenvalue weighted by molar-refractivity contribution is -0.119. The fourth-order valence-electron chi connectivity index (χ4n) is 5.53. The number of aliphatic imine (C=N–C) groups is 1. The molecule has 1 fully saturated rings. The van der Waals surface area contributed by atoms with Gasteiger partial charge < -0.3 is 11.1 Å². The number of carbonyl (C=O) groups excluding carboxylic acids is 1. The van der Waals surface area contributed by atoms with Gasteiger partial charge >= 0.3 is 0 Å². The Morgan fingerprint density at radius 2 is 1.94 bits per heavy atom. The van der Waals surface area contributed by atoms with Gasteiger partial charge in [-0.15, -0.1) is 0 Å². The molecule has 1 aromatic carbocycles. The third-order valence-electron chi connectivity index (χ3n) is 7.58. The van der Waals surface area contributed by atoms with Gasteiger partial charge in [-0.05, 0) is 70.2 Å². The average Bonchev–Trinajstić information content (AvgIpc) is 3.12. The van der Waals surface area contributed by atoms with Crippen molar-refractivity contribution in [1.29, 1.82) is 0 Å². The molecule has 2 aliphatic heterocycles. The number of fused-ring (bicyclic) bond motifs is 1. The van der Waals surface area contributed by atoms with Crippen LogP contribution in [0.25, 0.3) is 0 Å². The van der Waals surface area contributed by atoms with Crippen molar-refractivity contribution in [2.45, 2.75) is 76.9 Å². The maximum Gasteiger partial charge on any atom is 0.173 e. The number of ketones is 1. The Hall–Kier alpha value is -2.40. The van der Waals surface area contributed by atoms with Crippen LogP contribution in [0.1, 0.15) is 57.9 Å². The van der Waals surface area contributed by atoms with Crippen LogP contribution in [0.15, 0.2) is 53.6 Å². The van der Waals surface area contributed by atoms with Crippen LogP contribution in [-0.4, -0.2) is 47.7 Å². The van der Waals surface area contributed by atoms with Gasteiger partial charge in [-0.2, -0.15) is 0 Å². The van der Waals surface area contributed by atoms with E-state index >= 15 is 0 Å². The molecule has 0 spiro atoms. The zero-order chi connectivity index (χ0) is 22.6. The average molecular weight is 435 g/mol. The van der Waals surface area contributed by atoms with Gasteiger partial charge in [0, 0.05) is 24.3 Å². The molecule has 1 saturated heterocycles. The number of carbonyl (C=O) groups is 1. The van der Waals surface area contributed by atoms with Gasteiger partial charge in [-0.25, -0.2) is 0 Å². The molecule has 32 heavy (non-hydrogen) atoms. The van der Waals surface area contributed by atoms with Gasteiger partial charge in [-0.3, -0.25) is 14.7 Å². The van der Waals surface area contributed by atoms with Crippen LogP contribution in [0, 0.1) is 5.41 Å². The highest BCUT2D eigenvalue weighted by molar-refractivity contribution is 6.15. The number of nitrogens with zero attached hydrogens (tertiary/aromatic N) is 2. The molecule has 1 aliphatic carbocycles. The summed E-state index contributed by atoms with van der Waals surface area (Å²) in [6.45, 7) is 6.57. The summed E-state index contributed by atoms with van der Waals surface area (Å²) < 4.78 is 0. The van der Waals surface area contributed by atoms with E-state index in [9.17, 15) is 4.79 Å². The van der Waals surface area contributed by atoms with Crippen LogP contribution in [0.4, 0.5) is 5.69 Å². The monoisotopic (exact) mass is 434 g/mol. The number of hydrogen-bond donors (Lipinski definition) is 2.